The van der Waals surface area contributed by atoms with Gasteiger partial charge in [-0.05, 0) is 24.4 Å². The average Bonchev–Trinajstić information content (AvgIpc) is 2.59. The Labute approximate surface area is 122 Å². The summed E-state index contributed by atoms with van der Waals surface area (Å²) in [6.07, 6.45) is 2.26. The number of H-pyrrole nitrogens is 1. The van der Waals surface area contributed by atoms with E-state index in [1.165, 1.54) is 6.07 Å². The number of aromatic amines is 1. The summed E-state index contributed by atoms with van der Waals surface area (Å²) in [7, 11) is -6.51. The number of hydrogen-bond donors (Lipinski definition) is 1. The molecule has 0 unspecified atom stereocenters. The largest absolute Gasteiger partial charge is 0.329 e. The van der Waals surface area contributed by atoms with Crippen LogP contribution in [0.15, 0.2) is 23.1 Å². The first kappa shape index (κ1) is 15.2. The highest BCUT2D eigenvalue weighted by molar-refractivity contribution is 7.91. The topological polar surface area (TPSA) is 89.0 Å². The van der Waals surface area contributed by atoms with E-state index in [4.69, 9.17) is 12.2 Å². The fraction of sp³-hybridized carbons (Fsp3) is 0.364. The van der Waals surface area contributed by atoms with Crippen molar-refractivity contribution >= 4 is 42.9 Å². The first-order chi connectivity index (χ1) is 9.09. The van der Waals surface area contributed by atoms with Gasteiger partial charge in [-0.25, -0.2) is 16.8 Å². The lowest BCUT2D eigenvalue weighted by molar-refractivity contribution is 0.594. The Hall–Kier alpha value is -1.19. The molecule has 1 N–H and O–H groups in total. The second-order valence-electron chi connectivity index (χ2n) is 4.63. The van der Waals surface area contributed by atoms with Crippen LogP contribution in [0.1, 0.15) is 0 Å². The van der Waals surface area contributed by atoms with E-state index in [0.717, 1.165) is 12.5 Å². The number of aryl methyl sites for hydroxylation is 1. The fourth-order valence-electron chi connectivity index (χ4n) is 1.94. The number of rotatable bonds is 4. The number of hydrogen-bond acceptors (Lipinski definition) is 5. The maximum Gasteiger partial charge on any atom is 0.178 e. The average molecular weight is 334 g/mol. The van der Waals surface area contributed by atoms with Gasteiger partial charge in [-0.15, -0.1) is 0 Å². The van der Waals surface area contributed by atoms with Gasteiger partial charge in [0.05, 0.1) is 21.7 Å². The van der Waals surface area contributed by atoms with Gasteiger partial charge in [0.2, 0.25) is 0 Å². The van der Waals surface area contributed by atoms with E-state index in [-0.39, 0.29) is 17.2 Å². The maximum atomic E-state index is 11.7. The van der Waals surface area contributed by atoms with Gasteiger partial charge in [0.1, 0.15) is 9.84 Å². The lowest BCUT2D eigenvalue weighted by Gasteiger charge is -2.04. The molecule has 0 atom stereocenters. The molecular weight excluding hydrogens is 320 g/mol. The van der Waals surface area contributed by atoms with E-state index in [2.05, 4.69) is 4.98 Å². The molecule has 0 spiro atoms. The van der Waals surface area contributed by atoms with Crippen LogP contribution in [0.5, 0.6) is 0 Å². The Morgan fingerprint density at radius 3 is 2.40 bits per heavy atom. The van der Waals surface area contributed by atoms with Crippen molar-refractivity contribution in [1.29, 1.82) is 0 Å². The lowest BCUT2D eigenvalue weighted by Crippen LogP contribution is -2.11. The molecule has 0 amide bonds. The van der Waals surface area contributed by atoms with Crippen molar-refractivity contribution in [3.8, 4) is 0 Å². The summed E-state index contributed by atoms with van der Waals surface area (Å²) in [5.74, 6) is -0.0582. The predicted octanol–water partition coefficient (Wildman–Crippen LogP) is 1.15. The van der Waals surface area contributed by atoms with E-state index >= 15 is 0 Å². The third kappa shape index (κ3) is 3.10. The quantitative estimate of drug-likeness (QED) is 0.847. The molecule has 1 aromatic heterocycles. The molecule has 1 aromatic carbocycles. The monoisotopic (exact) mass is 334 g/mol. The fourth-order valence-corrected chi connectivity index (χ4v) is 3.60. The van der Waals surface area contributed by atoms with Crippen molar-refractivity contribution in [2.75, 3.05) is 18.3 Å². The summed E-state index contributed by atoms with van der Waals surface area (Å²) in [6, 6.07) is 4.81. The van der Waals surface area contributed by atoms with Gasteiger partial charge in [-0.1, -0.05) is 6.07 Å². The summed E-state index contributed by atoms with van der Waals surface area (Å²) < 4.78 is 47.8. The highest BCUT2D eigenvalue weighted by Gasteiger charge is 2.16. The maximum absolute atomic E-state index is 11.7. The Bertz CT molecular complexity index is 920. The number of aromatic nitrogens is 2. The molecule has 110 valence electrons. The van der Waals surface area contributed by atoms with E-state index in [9.17, 15) is 16.8 Å². The van der Waals surface area contributed by atoms with Crippen molar-refractivity contribution in [3.05, 3.63) is 23.0 Å². The van der Waals surface area contributed by atoms with Crippen LogP contribution in [0, 0.1) is 4.77 Å². The third-order valence-electron chi connectivity index (χ3n) is 2.86. The first-order valence-electron chi connectivity index (χ1n) is 5.69. The van der Waals surface area contributed by atoms with Gasteiger partial charge in [-0.3, -0.25) is 0 Å². The molecule has 0 fully saturated rings. The Morgan fingerprint density at radius 1 is 1.20 bits per heavy atom. The molecule has 0 radical (unpaired) electrons. The third-order valence-corrected chi connectivity index (χ3v) is 5.24. The van der Waals surface area contributed by atoms with Gasteiger partial charge in [0.15, 0.2) is 14.6 Å². The van der Waals surface area contributed by atoms with E-state index in [1.54, 1.807) is 16.7 Å². The van der Waals surface area contributed by atoms with E-state index in [1.807, 2.05) is 0 Å². The standard InChI is InChI=1S/C11H14N2O4S3/c1-19(14,15)7-6-13-8-4-3-5-9(20(2,16)17)10(8)12-11(13)18/h3-5H,6-7H2,1-2H3,(H,12,18). The Morgan fingerprint density at radius 2 is 1.85 bits per heavy atom. The zero-order valence-corrected chi connectivity index (χ0v) is 13.4. The summed E-state index contributed by atoms with van der Waals surface area (Å²) in [4.78, 5) is 2.99. The molecular formula is C11H14N2O4S3. The van der Waals surface area contributed by atoms with Gasteiger partial charge < -0.3 is 9.55 Å². The van der Waals surface area contributed by atoms with Crippen LogP contribution in [0.2, 0.25) is 0 Å². The molecule has 0 aliphatic heterocycles. The normalized spacial score (nSPS) is 12.9. The molecule has 9 heteroatoms. The van der Waals surface area contributed by atoms with Crippen molar-refractivity contribution in [1.82, 2.24) is 9.55 Å². The van der Waals surface area contributed by atoms with Crippen molar-refractivity contribution in [2.45, 2.75) is 11.4 Å². The van der Waals surface area contributed by atoms with Crippen molar-refractivity contribution < 1.29 is 16.8 Å². The van der Waals surface area contributed by atoms with Crippen LogP contribution in [-0.4, -0.2) is 44.7 Å². The number of para-hydroxylation sites is 1. The minimum Gasteiger partial charge on any atom is -0.329 e. The summed E-state index contributed by atoms with van der Waals surface area (Å²) in [5.41, 5.74) is 0.995. The molecule has 0 aliphatic rings. The highest BCUT2D eigenvalue weighted by Crippen LogP contribution is 2.22. The first-order valence-corrected chi connectivity index (χ1v) is 10.0. The predicted molar refractivity (Wildman–Crippen MR) is 79.9 cm³/mol. The van der Waals surface area contributed by atoms with Crippen LogP contribution in [-0.2, 0) is 26.2 Å². The minimum atomic E-state index is -3.39. The number of fused-ring (bicyclic) bond motifs is 1. The number of nitrogens with one attached hydrogen (secondary N) is 1. The van der Waals surface area contributed by atoms with Crippen molar-refractivity contribution in [2.24, 2.45) is 0 Å². The molecule has 0 saturated heterocycles. The van der Waals surface area contributed by atoms with Crippen LogP contribution < -0.4 is 0 Å². The summed E-state index contributed by atoms with van der Waals surface area (Å²) >= 11 is 5.14. The van der Waals surface area contributed by atoms with Crippen LogP contribution in [0.3, 0.4) is 0 Å². The van der Waals surface area contributed by atoms with Crippen LogP contribution in [0.4, 0.5) is 0 Å². The molecule has 2 rings (SSSR count). The Balaban J connectivity index is 2.65. The number of nitrogens with zero attached hydrogens (tertiary/aromatic N) is 1. The molecule has 6 nitrogen and oxygen atoms in total. The molecule has 0 aliphatic carbocycles. The van der Waals surface area contributed by atoms with Crippen molar-refractivity contribution in [3.63, 3.8) is 0 Å². The molecule has 2 aromatic rings. The Kier molecular flexibility index (Phi) is 3.78. The summed E-state index contributed by atoms with van der Waals surface area (Å²) in [6.45, 7) is 0.185. The van der Waals surface area contributed by atoms with E-state index in [0.29, 0.717) is 15.8 Å². The second kappa shape index (κ2) is 4.97. The number of imidazole rings is 1. The zero-order valence-electron chi connectivity index (χ0n) is 11.0. The van der Waals surface area contributed by atoms with Gasteiger partial charge >= 0.3 is 0 Å². The van der Waals surface area contributed by atoms with Gasteiger partial charge in [0, 0.05) is 19.1 Å². The van der Waals surface area contributed by atoms with Crippen LogP contribution in [0.25, 0.3) is 11.0 Å². The van der Waals surface area contributed by atoms with Crippen LogP contribution >= 0.6 is 12.2 Å². The smallest absolute Gasteiger partial charge is 0.178 e. The molecule has 0 saturated carbocycles. The molecule has 1 heterocycles. The van der Waals surface area contributed by atoms with Gasteiger partial charge in [-0.2, -0.15) is 0 Å². The second-order valence-corrected chi connectivity index (χ2v) is 9.26. The minimum absolute atomic E-state index is 0.0582. The van der Waals surface area contributed by atoms with E-state index < -0.39 is 19.7 Å². The zero-order chi connectivity index (χ0) is 15.1. The van der Waals surface area contributed by atoms with Gasteiger partial charge in [0.25, 0.3) is 0 Å². The summed E-state index contributed by atoms with van der Waals surface area (Å²) in [5, 5.41) is 0. The molecule has 20 heavy (non-hydrogen) atoms. The highest BCUT2D eigenvalue weighted by atomic mass is 32.2. The number of benzene rings is 1. The SMILES string of the molecule is CS(=O)(=O)CCn1c(=S)[nH]c2c(S(C)(=O)=O)cccc21. The lowest BCUT2D eigenvalue weighted by atomic mass is 10.3. The number of sulfone groups is 2. The molecule has 0 bridgehead atoms.